The van der Waals surface area contributed by atoms with E-state index in [1.54, 1.807) is 0 Å². The molecule has 17 heavy (non-hydrogen) atoms. The minimum Gasteiger partial charge on any atom is -0.303 e. The van der Waals surface area contributed by atoms with Gasteiger partial charge in [-0.05, 0) is 45.1 Å². The average Bonchev–Trinajstić information content (AvgIpc) is 2.30. The lowest BCUT2D eigenvalue weighted by Gasteiger charge is -2.37. The fraction of sp³-hybridized carbons (Fsp3) is 0.933. The number of hydrogen-bond acceptors (Lipinski definition) is 2. The summed E-state index contributed by atoms with van der Waals surface area (Å²) in [4.78, 5) is 13.7. The summed E-state index contributed by atoms with van der Waals surface area (Å²) in [6, 6.07) is 0.697. The topological polar surface area (TPSA) is 20.3 Å². The van der Waals surface area contributed by atoms with E-state index >= 15 is 0 Å². The van der Waals surface area contributed by atoms with Crippen LogP contribution in [0.2, 0.25) is 0 Å². The van der Waals surface area contributed by atoms with Crippen LogP contribution in [-0.4, -0.2) is 30.8 Å². The molecule has 0 aromatic heterocycles. The maximum Gasteiger partial charge on any atom is 0.127 e. The van der Waals surface area contributed by atoms with Gasteiger partial charge in [0.2, 0.25) is 0 Å². The smallest absolute Gasteiger partial charge is 0.127 e. The first-order valence-corrected chi connectivity index (χ1v) is 7.17. The van der Waals surface area contributed by atoms with Crippen molar-refractivity contribution in [3.63, 3.8) is 0 Å². The monoisotopic (exact) mass is 239 g/mol. The maximum atomic E-state index is 11.3. The summed E-state index contributed by atoms with van der Waals surface area (Å²) < 4.78 is 0. The summed E-state index contributed by atoms with van der Waals surface area (Å²) in [5, 5.41) is 0. The Balaban J connectivity index is 2.46. The van der Waals surface area contributed by atoms with Gasteiger partial charge < -0.3 is 9.69 Å². The molecule has 100 valence electrons. The Bertz CT molecular complexity index is 233. The first kappa shape index (κ1) is 14.7. The number of carbonyl (C=O) groups is 1. The predicted molar refractivity (Wildman–Crippen MR) is 73.1 cm³/mol. The minimum absolute atomic E-state index is 0.146. The first-order chi connectivity index (χ1) is 8.00. The lowest BCUT2D eigenvalue weighted by Crippen LogP contribution is -2.42. The van der Waals surface area contributed by atoms with E-state index in [1.165, 1.54) is 32.0 Å². The molecule has 2 heteroatoms. The van der Waals surface area contributed by atoms with E-state index in [4.69, 9.17) is 0 Å². The molecule has 0 aliphatic heterocycles. The summed E-state index contributed by atoms with van der Waals surface area (Å²) in [7, 11) is 2.19. The standard InChI is InChI=1S/C15H29NO/c1-5-10-15(3,12-17)11-16(4)14-8-6-13(2)7-9-14/h12-14H,5-11H2,1-4H3. The number of nitrogens with zero attached hydrogens (tertiary/aromatic N) is 1. The second-order valence-corrected chi connectivity index (χ2v) is 6.35. The quantitative estimate of drug-likeness (QED) is 0.661. The highest BCUT2D eigenvalue weighted by atomic mass is 16.1. The van der Waals surface area contributed by atoms with Crippen LogP contribution in [0.3, 0.4) is 0 Å². The van der Waals surface area contributed by atoms with Gasteiger partial charge in [0.1, 0.15) is 6.29 Å². The van der Waals surface area contributed by atoms with Gasteiger partial charge in [0.05, 0.1) is 0 Å². The molecule has 0 spiro atoms. The van der Waals surface area contributed by atoms with Crippen molar-refractivity contribution in [1.82, 2.24) is 4.90 Å². The van der Waals surface area contributed by atoms with Crippen LogP contribution < -0.4 is 0 Å². The Morgan fingerprint density at radius 2 is 1.88 bits per heavy atom. The van der Waals surface area contributed by atoms with Crippen molar-refractivity contribution in [2.24, 2.45) is 11.3 Å². The van der Waals surface area contributed by atoms with Gasteiger partial charge in [0, 0.05) is 18.0 Å². The lowest BCUT2D eigenvalue weighted by atomic mass is 9.83. The Labute approximate surface area is 107 Å². The van der Waals surface area contributed by atoms with Gasteiger partial charge in [-0.1, -0.05) is 27.2 Å². The van der Waals surface area contributed by atoms with Gasteiger partial charge in [-0.25, -0.2) is 0 Å². The zero-order valence-corrected chi connectivity index (χ0v) is 12.0. The third kappa shape index (κ3) is 4.42. The van der Waals surface area contributed by atoms with Gasteiger partial charge in [0.15, 0.2) is 0 Å². The second-order valence-electron chi connectivity index (χ2n) is 6.35. The van der Waals surface area contributed by atoms with Crippen molar-refractivity contribution in [1.29, 1.82) is 0 Å². The third-order valence-corrected chi connectivity index (χ3v) is 4.32. The Morgan fingerprint density at radius 1 is 1.29 bits per heavy atom. The summed E-state index contributed by atoms with van der Waals surface area (Å²) >= 11 is 0. The van der Waals surface area contributed by atoms with Crippen molar-refractivity contribution in [3.05, 3.63) is 0 Å². The molecular weight excluding hydrogens is 210 g/mol. The molecule has 1 atom stereocenters. The molecule has 0 aromatic rings. The molecule has 1 saturated carbocycles. The Morgan fingerprint density at radius 3 is 2.35 bits per heavy atom. The van der Waals surface area contributed by atoms with Crippen LogP contribution in [0.5, 0.6) is 0 Å². The average molecular weight is 239 g/mol. The molecule has 0 radical (unpaired) electrons. The van der Waals surface area contributed by atoms with Crippen molar-refractivity contribution in [2.45, 2.75) is 65.3 Å². The van der Waals surface area contributed by atoms with Crippen molar-refractivity contribution >= 4 is 6.29 Å². The van der Waals surface area contributed by atoms with E-state index in [1.807, 2.05) is 0 Å². The number of carbonyl (C=O) groups excluding carboxylic acids is 1. The Kier molecular flexibility index (Phi) is 5.64. The van der Waals surface area contributed by atoms with E-state index in [-0.39, 0.29) is 5.41 Å². The molecule has 1 fully saturated rings. The number of rotatable bonds is 6. The molecule has 0 aromatic carbocycles. The molecule has 0 bridgehead atoms. The fourth-order valence-electron chi connectivity index (χ4n) is 3.13. The number of hydrogen-bond donors (Lipinski definition) is 0. The molecule has 0 N–H and O–H groups in total. The van der Waals surface area contributed by atoms with Gasteiger partial charge in [-0.2, -0.15) is 0 Å². The number of aldehydes is 1. The van der Waals surface area contributed by atoms with Crippen LogP contribution in [0.25, 0.3) is 0 Å². The van der Waals surface area contributed by atoms with Crippen LogP contribution in [-0.2, 0) is 4.79 Å². The van der Waals surface area contributed by atoms with Crippen molar-refractivity contribution in [3.8, 4) is 0 Å². The van der Waals surface area contributed by atoms with E-state index in [0.29, 0.717) is 6.04 Å². The van der Waals surface area contributed by atoms with Crippen LogP contribution in [0.4, 0.5) is 0 Å². The predicted octanol–water partition coefficient (Wildman–Crippen LogP) is 3.50. The van der Waals surface area contributed by atoms with Crippen LogP contribution in [0, 0.1) is 11.3 Å². The first-order valence-electron chi connectivity index (χ1n) is 7.17. The highest BCUT2D eigenvalue weighted by Crippen LogP contribution is 2.29. The van der Waals surface area contributed by atoms with Crippen LogP contribution in [0.1, 0.15) is 59.3 Å². The van der Waals surface area contributed by atoms with Gasteiger partial charge in [-0.3, -0.25) is 0 Å². The zero-order chi connectivity index (χ0) is 12.9. The van der Waals surface area contributed by atoms with Gasteiger partial charge >= 0.3 is 0 Å². The molecular formula is C15H29NO. The largest absolute Gasteiger partial charge is 0.303 e. The van der Waals surface area contributed by atoms with E-state index in [9.17, 15) is 4.79 Å². The normalized spacial score (nSPS) is 29.0. The summed E-state index contributed by atoms with van der Waals surface area (Å²) in [5.41, 5.74) is -0.146. The fourth-order valence-corrected chi connectivity index (χ4v) is 3.13. The molecule has 1 aliphatic carbocycles. The maximum absolute atomic E-state index is 11.3. The molecule has 1 aliphatic rings. The van der Waals surface area contributed by atoms with Crippen LogP contribution in [0.15, 0.2) is 0 Å². The van der Waals surface area contributed by atoms with Crippen molar-refractivity contribution < 1.29 is 4.79 Å². The van der Waals surface area contributed by atoms with Crippen LogP contribution >= 0.6 is 0 Å². The van der Waals surface area contributed by atoms with E-state index in [0.717, 1.165) is 25.3 Å². The molecule has 2 nitrogen and oxygen atoms in total. The summed E-state index contributed by atoms with van der Waals surface area (Å²) in [5.74, 6) is 0.896. The molecule has 0 amide bonds. The van der Waals surface area contributed by atoms with Crippen molar-refractivity contribution in [2.75, 3.05) is 13.6 Å². The molecule has 0 saturated heterocycles. The zero-order valence-electron chi connectivity index (χ0n) is 12.0. The Hall–Kier alpha value is -0.370. The molecule has 1 unspecified atom stereocenters. The summed E-state index contributed by atoms with van der Waals surface area (Å²) in [6.45, 7) is 7.53. The van der Waals surface area contributed by atoms with Gasteiger partial charge in [-0.15, -0.1) is 0 Å². The van der Waals surface area contributed by atoms with Gasteiger partial charge in [0.25, 0.3) is 0 Å². The lowest BCUT2D eigenvalue weighted by molar-refractivity contribution is -0.117. The van der Waals surface area contributed by atoms with E-state index < -0.39 is 0 Å². The highest BCUT2D eigenvalue weighted by Gasteiger charge is 2.29. The minimum atomic E-state index is -0.146. The summed E-state index contributed by atoms with van der Waals surface area (Å²) in [6.07, 6.45) is 8.56. The highest BCUT2D eigenvalue weighted by molar-refractivity contribution is 5.59. The molecule has 0 heterocycles. The second kappa shape index (κ2) is 6.53. The molecule has 1 rings (SSSR count). The SMILES string of the molecule is CCCC(C)(C=O)CN(C)C1CCC(C)CC1. The van der Waals surface area contributed by atoms with E-state index in [2.05, 4.69) is 32.7 Å². The third-order valence-electron chi connectivity index (χ3n) is 4.32.